The van der Waals surface area contributed by atoms with Gasteiger partial charge in [0.15, 0.2) is 0 Å². The maximum absolute atomic E-state index is 12.0. The molecule has 0 saturated heterocycles. The second kappa shape index (κ2) is 6.96. The third kappa shape index (κ3) is 6.15. The number of ether oxygens (including phenoxy) is 1. The number of rotatable bonds is 6. The number of alkyl halides is 3. The maximum atomic E-state index is 12.0. The first-order valence-corrected chi connectivity index (χ1v) is 6.02. The van der Waals surface area contributed by atoms with Crippen LogP contribution in [0.3, 0.4) is 0 Å². The van der Waals surface area contributed by atoms with Crippen molar-refractivity contribution < 1.29 is 32.6 Å². The number of hydrogen-bond acceptors (Lipinski definition) is 3. The fourth-order valence-corrected chi connectivity index (χ4v) is 1.59. The summed E-state index contributed by atoms with van der Waals surface area (Å²) in [6.07, 6.45) is -4.54. The lowest BCUT2D eigenvalue weighted by Crippen LogP contribution is -2.28. The first kappa shape index (κ1) is 16.8. The Hall–Kier alpha value is -2.25. The van der Waals surface area contributed by atoms with E-state index < -0.39 is 24.0 Å². The summed E-state index contributed by atoms with van der Waals surface area (Å²) in [7, 11) is 1.49. The minimum absolute atomic E-state index is 0.0595. The fourth-order valence-electron chi connectivity index (χ4n) is 1.59. The van der Waals surface area contributed by atoms with E-state index in [1.165, 1.54) is 24.1 Å². The highest BCUT2D eigenvalue weighted by Gasteiger charge is 2.31. The lowest BCUT2D eigenvalue weighted by molar-refractivity contribution is -0.274. The van der Waals surface area contributed by atoms with Crippen LogP contribution in [0.2, 0.25) is 0 Å². The standard InChI is InChI=1S/C13H14F3NO4/c1-17(8-2-3-11(18)19)12(20)9-4-6-10(7-5-9)21-13(14,15)16/h4-7H,2-3,8H2,1H3,(H,18,19). The Bertz CT molecular complexity index is 499. The van der Waals surface area contributed by atoms with E-state index in [2.05, 4.69) is 4.74 Å². The Morgan fingerprint density at radius 3 is 2.29 bits per heavy atom. The minimum Gasteiger partial charge on any atom is -0.481 e. The Balaban J connectivity index is 2.60. The van der Waals surface area contributed by atoms with E-state index in [1.807, 2.05) is 0 Å². The Morgan fingerprint density at radius 1 is 1.24 bits per heavy atom. The van der Waals surface area contributed by atoms with Crippen molar-refractivity contribution >= 4 is 11.9 Å². The minimum atomic E-state index is -4.78. The molecule has 0 radical (unpaired) electrons. The monoisotopic (exact) mass is 305 g/mol. The zero-order valence-electron chi connectivity index (χ0n) is 11.2. The molecule has 0 aliphatic carbocycles. The zero-order chi connectivity index (χ0) is 16.0. The van der Waals surface area contributed by atoms with E-state index in [4.69, 9.17) is 5.11 Å². The summed E-state index contributed by atoms with van der Waals surface area (Å²) in [6.45, 7) is 0.242. The van der Waals surface area contributed by atoms with E-state index in [9.17, 15) is 22.8 Å². The summed E-state index contributed by atoms with van der Waals surface area (Å²) in [4.78, 5) is 23.6. The van der Waals surface area contributed by atoms with E-state index in [1.54, 1.807) is 0 Å². The highest BCUT2D eigenvalue weighted by Crippen LogP contribution is 2.23. The van der Waals surface area contributed by atoms with Crippen molar-refractivity contribution in [3.8, 4) is 5.75 Å². The van der Waals surface area contributed by atoms with Crippen LogP contribution in [0.5, 0.6) is 5.75 Å². The number of nitrogens with zero attached hydrogens (tertiary/aromatic N) is 1. The van der Waals surface area contributed by atoms with Gasteiger partial charge in [-0.3, -0.25) is 9.59 Å². The van der Waals surface area contributed by atoms with Gasteiger partial charge in [0.2, 0.25) is 0 Å². The fraction of sp³-hybridized carbons (Fsp3) is 0.385. The van der Waals surface area contributed by atoms with Gasteiger partial charge in [-0.05, 0) is 30.7 Å². The molecule has 1 rings (SSSR count). The summed E-state index contributed by atoms with van der Waals surface area (Å²) in [5.74, 6) is -1.77. The van der Waals surface area contributed by atoms with Gasteiger partial charge < -0.3 is 14.7 Å². The predicted octanol–water partition coefficient (Wildman–Crippen LogP) is 2.52. The van der Waals surface area contributed by atoms with Gasteiger partial charge in [0, 0.05) is 25.6 Å². The molecule has 0 aromatic heterocycles. The van der Waals surface area contributed by atoms with Gasteiger partial charge >= 0.3 is 12.3 Å². The number of halogens is 3. The third-order valence-corrected chi connectivity index (χ3v) is 2.57. The Morgan fingerprint density at radius 2 is 1.81 bits per heavy atom. The van der Waals surface area contributed by atoms with Crippen molar-refractivity contribution in [3.05, 3.63) is 29.8 Å². The molecule has 21 heavy (non-hydrogen) atoms. The molecular weight excluding hydrogens is 291 g/mol. The van der Waals surface area contributed by atoms with Crippen molar-refractivity contribution in [2.45, 2.75) is 19.2 Å². The Labute approximate surface area is 118 Å². The molecule has 5 nitrogen and oxygen atoms in total. The molecule has 0 saturated carbocycles. The van der Waals surface area contributed by atoms with Crippen LogP contribution in [0.4, 0.5) is 13.2 Å². The molecule has 1 aromatic rings. The molecule has 1 aromatic carbocycles. The molecule has 0 aliphatic heterocycles. The van der Waals surface area contributed by atoms with Crippen LogP contribution in [0, 0.1) is 0 Å². The highest BCUT2D eigenvalue weighted by atomic mass is 19.4. The van der Waals surface area contributed by atoms with Gasteiger partial charge in [-0.1, -0.05) is 0 Å². The van der Waals surface area contributed by atoms with Crippen LogP contribution in [0.25, 0.3) is 0 Å². The molecule has 0 bridgehead atoms. The number of hydrogen-bond donors (Lipinski definition) is 1. The molecular formula is C13H14F3NO4. The first-order valence-electron chi connectivity index (χ1n) is 6.02. The summed E-state index contributed by atoms with van der Waals surface area (Å²) in [5, 5.41) is 8.50. The molecule has 0 atom stereocenters. The second-order valence-electron chi connectivity index (χ2n) is 4.30. The normalized spacial score (nSPS) is 11.0. The van der Waals surface area contributed by atoms with Gasteiger partial charge in [0.1, 0.15) is 5.75 Å². The van der Waals surface area contributed by atoms with Crippen LogP contribution >= 0.6 is 0 Å². The molecule has 116 valence electrons. The van der Waals surface area contributed by atoms with E-state index in [-0.39, 0.29) is 18.5 Å². The van der Waals surface area contributed by atoms with Gasteiger partial charge in [0.05, 0.1) is 0 Å². The van der Waals surface area contributed by atoms with Crippen LogP contribution in [-0.2, 0) is 4.79 Å². The van der Waals surface area contributed by atoms with Crippen molar-refractivity contribution in [2.75, 3.05) is 13.6 Å². The molecule has 0 heterocycles. The van der Waals surface area contributed by atoms with Crippen LogP contribution in [-0.4, -0.2) is 41.8 Å². The number of carboxylic acid groups (broad SMARTS) is 1. The van der Waals surface area contributed by atoms with Gasteiger partial charge in [-0.25, -0.2) is 0 Å². The van der Waals surface area contributed by atoms with Gasteiger partial charge in [-0.2, -0.15) is 0 Å². The van der Waals surface area contributed by atoms with E-state index >= 15 is 0 Å². The van der Waals surface area contributed by atoms with Crippen molar-refractivity contribution in [2.24, 2.45) is 0 Å². The maximum Gasteiger partial charge on any atom is 0.573 e. The average Bonchev–Trinajstić information content (AvgIpc) is 2.36. The molecule has 1 amide bonds. The van der Waals surface area contributed by atoms with Gasteiger partial charge in [0.25, 0.3) is 5.91 Å². The average molecular weight is 305 g/mol. The topological polar surface area (TPSA) is 66.8 Å². The van der Waals surface area contributed by atoms with Gasteiger partial charge in [-0.15, -0.1) is 13.2 Å². The molecule has 0 aliphatic rings. The van der Waals surface area contributed by atoms with Crippen molar-refractivity contribution in [1.29, 1.82) is 0 Å². The molecule has 0 spiro atoms. The van der Waals surface area contributed by atoms with Crippen LogP contribution in [0.1, 0.15) is 23.2 Å². The highest BCUT2D eigenvalue weighted by molar-refractivity contribution is 5.94. The van der Waals surface area contributed by atoms with Crippen LogP contribution < -0.4 is 4.74 Å². The number of amides is 1. The number of aliphatic carboxylic acids is 1. The quantitative estimate of drug-likeness (QED) is 0.877. The molecule has 0 fully saturated rings. The summed E-state index contributed by atoms with van der Waals surface area (Å²) in [5.41, 5.74) is 0.197. The largest absolute Gasteiger partial charge is 0.573 e. The lowest BCUT2D eigenvalue weighted by Gasteiger charge is -2.17. The van der Waals surface area contributed by atoms with E-state index in [0.717, 1.165) is 12.1 Å². The predicted molar refractivity (Wildman–Crippen MR) is 67.0 cm³/mol. The van der Waals surface area contributed by atoms with Crippen molar-refractivity contribution in [3.63, 3.8) is 0 Å². The first-order chi connectivity index (χ1) is 9.69. The van der Waals surface area contributed by atoms with E-state index in [0.29, 0.717) is 6.42 Å². The summed E-state index contributed by atoms with van der Waals surface area (Å²) in [6, 6.07) is 4.53. The van der Waals surface area contributed by atoms with Crippen molar-refractivity contribution in [1.82, 2.24) is 4.90 Å². The molecule has 1 N–H and O–H groups in total. The molecule has 8 heteroatoms. The second-order valence-corrected chi connectivity index (χ2v) is 4.30. The SMILES string of the molecule is CN(CCCC(=O)O)C(=O)c1ccc(OC(F)(F)F)cc1. The third-order valence-electron chi connectivity index (χ3n) is 2.57. The number of carbonyl (C=O) groups excluding carboxylic acids is 1. The number of carbonyl (C=O) groups is 2. The summed E-state index contributed by atoms with van der Waals surface area (Å²) < 4.78 is 39.7. The number of benzene rings is 1. The molecule has 0 unspecified atom stereocenters. The zero-order valence-corrected chi connectivity index (χ0v) is 11.2. The lowest BCUT2D eigenvalue weighted by atomic mass is 10.2. The Kier molecular flexibility index (Phi) is 5.57. The van der Waals surface area contributed by atoms with Crippen LogP contribution in [0.15, 0.2) is 24.3 Å². The summed E-state index contributed by atoms with van der Waals surface area (Å²) >= 11 is 0. The number of carboxylic acids is 1. The smallest absolute Gasteiger partial charge is 0.481 e.